The van der Waals surface area contributed by atoms with Crippen LogP contribution in [-0.4, -0.2) is 122 Å². The number of amides is 2. The van der Waals surface area contributed by atoms with Crippen molar-refractivity contribution < 1.29 is 53.9 Å². The minimum Gasteiger partial charge on any atom is -0.479 e. The predicted octanol–water partition coefficient (Wildman–Crippen LogP) is 2.28. The third kappa shape index (κ3) is 17.0. The zero-order chi connectivity index (χ0) is 35.5. The van der Waals surface area contributed by atoms with Gasteiger partial charge in [-0.15, -0.1) is 0 Å². The molecule has 0 radical (unpaired) electrons. The van der Waals surface area contributed by atoms with Gasteiger partial charge in [-0.1, -0.05) is 77.6 Å². The van der Waals surface area contributed by atoms with E-state index in [1.807, 2.05) is 0 Å². The van der Waals surface area contributed by atoms with Gasteiger partial charge >= 0.3 is 13.6 Å². The quantitative estimate of drug-likeness (QED) is 0.0458. The summed E-state index contributed by atoms with van der Waals surface area (Å²) in [7, 11) is -4.42. The zero-order valence-corrected chi connectivity index (χ0v) is 29.5. The first kappa shape index (κ1) is 43.4. The number of carbonyl (C=O) groups is 3. The number of rotatable bonds is 27. The molecular formula is C32H62N3O11P. The number of unbranched alkanes of at least 4 members (excludes halogenated alkanes) is 10. The normalized spacial score (nSPS) is 23.1. The van der Waals surface area contributed by atoms with Gasteiger partial charge in [-0.2, -0.15) is 0 Å². The van der Waals surface area contributed by atoms with Crippen molar-refractivity contribution in [3.8, 4) is 0 Å². The molecule has 8 N–H and O–H groups in total. The molecule has 14 nitrogen and oxygen atoms in total. The maximum Gasteiger partial charge on any atom is 0.331 e. The van der Waals surface area contributed by atoms with Crippen LogP contribution in [0.5, 0.6) is 0 Å². The molecule has 47 heavy (non-hydrogen) atoms. The van der Waals surface area contributed by atoms with Crippen molar-refractivity contribution in [3.05, 3.63) is 0 Å². The van der Waals surface area contributed by atoms with Crippen molar-refractivity contribution in [2.75, 3.05) is 32.5 Å². The second-order valence-electron chi connectivity index (χ2n) is 13.2. The molecule has 1 rings (SSSR count). The van der Waals surface area contributed by atoms with Crippen LogP contribution in [0.4, 0.5) is 0 Å². The molecule has 15 heteroatoms. The summed E-state index contributed by atoms with van der Waals surface area (Å²) in [4.78, 5) is 47.7. The highest BCUT2D eigenvalue weighted by atomic mass is 31.2. The Morgan fingerprint density at radius 3 is 1.98 bits per heavy atom. The standard InChI is InChI=1S/C32H62N3O11P/c1-4-5-6-13-16-25(38)17-14-11-9-7-8-10-12-15-18-28(39)34-32(3,31(42)43)23-46-47(44,45)20-19-35-26(21-33-24(2)37)29(40)30(41)27(35)22-36/h25-27,29-30,36,38,40-41H,4-23H2,1-3H3,(H,33,37)(H,34,39)(H,42,43)(H,44,45)/t25?,26-,27-,29-,30-,32?/m1/s1. The third-order valence-corrected chi connectivity index (χ3v) is 10.2. The van der Waals surface area contributed by atoms with Crippen molar-refractivity contribution >= 4 is 25.4 Å². The maximum absolute atomic E-state index is 12.8. The summed E-state index contributed by atoms with van der Waals surface area (Å²) in [5, 5.41) is 55.2. The van der Waals surface area contributed by atoms with E-state index in [0.29, 0.717) is 6.42 Å². The first-order valence-electron chi connectivity index (χ1n) is 17.3. The van der Waals surface area contributed by atoms with Crippen LogP contribution >= 0.6 is 7.60 Å². The van der Waals surface area contributed by atoms with Crippen LogP contribution in [0.2, 0.25) is 0 Å². The van der Waals surface area contributed by atoms with Crippen LogP contribution in [0.3, 0.4) is 0 Å². The Balaban J connectivity index is 2.39. The third-order valence-electron chi connectivity index (χ3n) is 8.90. The molecule has 0 saturated carbocycles. The first-order valence-corrected chi connectivity index (χ1v) is 19.1. The average Bonchev–Trinajstić information content (AvgIpc) is 3.24. The number of hydrogen-bond acceptors (Lipinski definition) is 10. The van der Waals surface area contributed by atoms with Crippen LogP contribution in [0.1, 0.15) is 117 Å². The fraction of sp³-hybridized carbons (Fsp3) is 0.906. The van der Waals surface area contributed by atoms with E-state index in [2.05, 4.69) is 17.6 Å². The molecule has 0 aromatic rings. The van der Waals surface area contributed by atoms with E-state index in [0.717, 1.165) is 64.2 Å². The smallest absolute Gasteiger partial charge is 0.331 e. The lowest BCUT2D eigenvalue weighted by Crippen LogP contribution is -2.55. The lowest BCUT2D eigenvalue weighted by atomic mass is 10.0. The van der Waals surface area contributed by atoms with Gasteiger partial charge < -0.3 is 45.6 Å². The Morgan fingerprint density at radius 1 is 0.915 bits per heavy atom. The van der Waals surface area contributed by atoms with Gasteiger partial charge in [-0.25, -0.2) is 4.79 Å². The van der Waals surface area contributed by atoms with E-state index in [4.69, 9.17) is 4.52 Å². The Kier molecular flexibility index (Phi) is 21.1. The number of carbonyl (C=O) groups excluding carboxylic acids is 2. The molecule has 3 unspecified atom stereocenters. The number of carboxylic acid groups (broad SMARTS) is 1. The second kappa shape index (κ2) is 22.9. The monoisotopic (exact) mass is 695 g/mol. The molecule has 7 atom stereocenters. The molecule has 1 saturated heterocycles. The summed E-state index contributed by atoms with van der Waals surface area (Å²) in [5.74, 6) is -2.32. The van der Waals surface area contributed by atoms with Gasteiger partial charge in [0.05, 0.1) is 49.8 Å². The fourth-order valence-electron chi connectivity index (χ4n) is 5.86. The van der Waals surface area contributed by atoms with Crippen LogP contribution in [0, 0.1) is 0 Å². The molecule has 0 aromatic carbocycles. The number of nitrogens with zero attached hydrogens (tertiary/aromatic N) is 1. The van der Waals surface area contributed by atoms with Crippen LogP contribution < -0.4 is 10.6 Å². The van der Waals surface area contributed by atoms with Gasteiger partial charge in [-0.3, -0.25) is 19.1 Å². The van der Waals surface area contributed by atoms with E-state index < -0.39 is 68.7 Å². The molecular weight excluding hydrogens is 633 g/mol. The van der Waals surface area contributed by atoms with Gasteiger partial charge in [0, 0.05) is 26.4 Å². The zero-order valence-electron chi connectivity index (χ0n) is 28.6. The molecule has 1 aliphatic heterocycles. The highest BCUT2D eigenvalue weighted by molar-refractivity contribution is 7.52. The Morgan fingerprint density at radius 2 is 1.45 bits per heavy atom. The molecule has 2 amide bonds. The summed E-state index contributed by atoms with van der Waals surface area (Å²) in [6.07, 6.45) is 10.9. The number of aliphatic hydroxyl groups is 4. The van der Waals surface area contributed by atoms with E-state index in [9.17, 15) is 49.4 Å². The lowest BCUT2D eigenvalue weighted by molar-refractivity contribution is -0.148. The second-order valence-corrected chi connectivity index (χ2v) is 15.1. The number of likely N-dealkylation sites (tertiary alicyclic amines) is 1. The Labute approximate surface area is 280 Å². The summed E-state index contributed by atoms with van der Waals surface area (Å²) in [6, 6.07) is -1.80. The van der Waals surface area contributed by atoms with E-state index in [1.54, 1.807) is 0 Å². The molecule has 0 spiro atoms. The summed E-state index contributed by atoms with van der Waals surface area (Å²) in [5.41, 5.74) is -1.96. The largest absolute Gasteiger partial charge is 0.479 e. The molecule has 0 aliphatic carbocycles. The number of carboxylic acids is 1. The number of hydrogen-bond donors (Lipinski definition) is 8. The van der Waals surface area contributed by atoms with Crippen molar-refractivity contribution in [2.45, 2.75) is 153 Å². The van der Waals surface area contributed by atoms with Gasteiger partial charge in [-0.05, 0) is 26.2 Å². The van der Waals surface area contributed by atoms with Crippen LogP contribution in [0.15, 0.2) is 0 Å². The molecule has 276 valence electrons. The summed E-state index contributed by atoms with van der Waals surface area (Å²) >= 11 is 0. The molecule has 0 aromatic heterocycles. The first-order chi connectivity index (χ1) is 22.2. The van der Waals surface area contributed by atoms with E-state index in [1.165, 1.54) is 38.0 Å². The average molecular weight is 696 g/mol. The molecule has 1 aliphatic rings. The lowest BCUT2D eigenvalue weighted by Gasteiger charge is -2.31. The molecule has 0 bridgehead atoms. The van der Waals surface area contributed by atoms with Crippen molar-refractivity contribution in [2.24, 2.45) is 0 Å². The highest BCUT2D eigenvalue weighted by Gasteiger charge is 2.47. The fourth-order valence-corrected chi connectivity index (χ4v) is 6.93. The van der Waals surface area contributed by atoms with Gasteiger partial charge in [0.15, 0.2) is 5.54 Å². The predicted molar refractivity (Wildman–Crippen MR) is 178 cm³/mol. The number of nitrogens with one attached hydrogen (secondary N) is 2. The SMILES string of the molecule is CCCCCCC(O)CCCCCCCCCCC(=O)NC(C)(COP(=O)(O)CCN1[C@H](CO)[C@@H](O)[C@H](O)[C@H]1CNC(C)=O)C(=O)O. The Hall–Kier alpha value is -1.64. The maximum atomic E-state index is 12.8. The number of aliphatic carboxylic acids is 1. The van der Waals surface area contributed by atoms with Crippen molar-refractivity contribution in [3.63, 3.8) is 0 Å². The van der Waals surface area contributed by atoms with Crippen molar-refractivity contribution in [1.82, 2.24) is 15.5 Å². The topological polar surface area (TPSA) is 226 Å². The highest BCUT2D eigenvalue weighted by Crippen LogP contribution is 2.43. The van der Waals surface area contributed by atoms with E-state index in [-0.39, 0.29) is 31.5 Å². The van der Waals surface area contributed by atoms with Gasteiger partial charge in [0.25, 0.3) is 0 Å². The Bertz CT molecular complexity index is 975. The van der Waals surface area contributed by atoms with Gasteiger partial charge in [0.1, 0.15) is 0 Å². The number of aliphatic hydroxyl groups excluding tert-OH is 4. The van der Waals surface area contributed by atoms with Crippen molar-refractivity contribution in [1.29, 1.82) is 0 Å². The van der Waals surface area contributed by atoms with Crippen LogP contribution in [-0.2, 0) is 23.5 Å². The van der Waals surface area contributed by atoms with Gasteiger partial charge in [0.2, 0.25) is 11.8 Å². The molecule has 1 fully saturated rings. The summed E-state index contributed by atoms with van der Waals surface area (Å²) in [6.45, 7) is 3.02. The summed E-state index contributed by atoms with van der Waals surface area (Å²) < 4.78 is 18.0. The molecule has 1 heterocycles. The minimum absolute atomic E-state index is 0.0745. The van der Waals surface area contributed by atoms with Crippen LogP contribution in [0.25, 0.3) is 0 Å². The van der Waals surface area contributed by atoms with E-state index >= 15 is 0 Å². The minimum atomic E-state index is -4.42.